The van der Waals surface area contributed by atoms with Crippen LogP contribution in [0.1, 0.15) is 31.3 Å². The largest absolute Gasteiger partial charge is 0.395 e. The van der Waals surface area contributed by atoms with Crippen LogP contribution >= 0.6 is 27.3 Å². The molecular formula is C9H15BrN2OS. The molecule has 14 heavy (non-hydrogen) atoms. The number of nitrogens with one attached hydrogen (secondary N) is 1. The SMILES string of the molecule is CC[C@H](CO)NC(C)c1ncc(Br)s1. The Hall–Kier alpha value is 0.0300. The summed E-state index contributed by atoms with van der Waals surface area (Å²) in [5, 5.41) is 13.4. The van der Waals surface area contributed by atoms with Gasteiger partial charge in [0.1, 0.15) is 5.01 Å². The number of aromatic nitrogens is 1. The van der Waals surface area contributed by atoms with Gasteiger partial charge in [-0.3, -0.25) is 0 Å². The molecule has 5 heteroatoms. The summed E-state index contributed by atoms with van der Waals surface area (Å²) in [4.78, 5) is 4.26. The number of rotatable bonds is 5. The van der Waals surface area contributed by atoms with Crippen LogP contribution < -0.4 is 5.32 Å². The molecule has 1 aromatic rings. The molecule has 1 rings (SSSR count). The zero-order valence-corrected chi connectivity index (χ0v) is 10.7. The maximum absolute atomic E-state index is 9.04. The molecule has 0 fully saturated rings. The summed E-state index contributed by atoms with van der Waals surface area (Å²) in [6.45, 7) is 4.29. The van der Waals surface area contributed by atoms with Crippen molar-refractivity contribution >= 4 is 27.3 Å². The fourth-order valence-electron chi connectivity index (χ4n) is 1.19. The van der Waals surface area contributed by atoms with Crippen LogP contribution in [0, 0.1) is 0 Å². The highest BCUT2D eigenvalue weighted by atomic mass is 79.9. The number of hydrogen-bond donors (Lipinski definition) is 2. The number of halogens is 1. The Bertz CT molecular complexity index is 276. The van der Waals surface area contributed by atoms with Crippen LogP contribution in [0.2, 0.25) is 0 Å². The minimum Gasteiger partial charge on any atom is -0.395 e. The molecule has 2 atom stereocenters. The second kappa shape index (κ2) is 5.80. The van der Waals surface area contributed by atoms with Gasteiger partial charge < -0.3 is 10.4 Å². The molecule has 0 spiro atoms. The Morgan fingerprint density at radius 3 is 2.86 bits per heavy atom. The molecule has 3 nitrogen and oxygen atoms in total. The maximum atomic E-state index is 9.04. The quantitative estimate of drug-likeness (QED) is 0.869. The number of aliphatic hydroxyl groups is 1. The first-order valence-electron chi connectivity index (χ1n) is 4.65. The third-order valence-electron chi connectivity index (χ3n) is 2.06. The Morgan fingerprint density at radius 1 is 1.71 bits per heavy atom. The first-order chi connectivity index (χ1) is 6.67. The van der Waals surface area contributed by atoms with E-state index in [1.165, 1.54) is 0 Å². The van der Waals surface area contributed by atoms with Crippen molar-refractivity contribution < 1.29 is 5.11 Å². The highest BCUT2D eigenvalue weighted by Crippen LogP contribution is 2.24. The van der Waals surface area contributed by atoms with Crippen molar-refractivity contribution in [2.45, 2.75) is 32.4 Å². The van der Waals surface area contributed by atoms with Gasteiger partial charge in [-0.1, -0.05) is 6.92 Å². The number of nitrogens with zero attached hydrogens (tertiary/aromatic N) is 1. The summed E-state index contributed by atoms with van der Waals surface area (Å²) in [5.41, 5.74) is 0. The van der Waals surface area contributed by atoms with E-state index in [9.17, 15) is 0 Å². The van der Waals surface area contributed by atoms with E-state index < -0.39 is 0 Å². The molecule has 0 amide bonds. The molecule has 0 saturated heterocycles. The van der Waals surface area contributed by atoms with Gasteiger partial charge in [-0.25, -0.2) is 4.98 Å². The first kappa shape index (κ1) is 12.1. The summed E-state index contributed by atoms with van der Waals surface area (Å²) in [5.74, 6) is 0. The molecule has 0 saturated carbocycles. The zero-order chi connectivity index (χ0) is 10.6. The van der Waals surface area contributed by atoms with E-state index in [1.807, 2.05) is 0 Å². The van der Waals surface area contributed by atoms with Gasteiger partial charge in [0.15, 0.2) is 0 Å². The summed E-state index contributed by atoms with van der Waals surface area (Å²) in [6.07, 6.45) is 2.73. The van der Waals surface area contributed by atoms with Crippen molar-refractivity contribution in [2.24, 2.45) is 0 Å². The van der Waals surface area contributed by atoms with E-state index in [1.54, 1.807) is 17.5 Å². The summed E-state index contributed by atoms with van der Waals surface area (Å²) in [7, 11) is 0. The minimum absolute atomic E-state index is 0.160. The van der Waals surface area contributed by atoms with Crippen molar-refractivity contribution in [1.82, 2.24) is 10.3 Å². The Balaban J connectivity index is 2.53. The van der Waals surface area contributed by atoms with Crippen LogP contribution in [0.25, 0.3) is 0 Å². The summed E-state index contributed by atoms with van der Waals surface area (Å²) >= 11 is 5.00. The van der Waals surface area contributed by atoms with E-state index in [-0.39, 0.29) is 18.7 Å². The molecule has 1 aromatic heterocycles. The third kappa shape index (κ3) is 3.31. The van der Waals surface area contributed by atoms with Gasteiger partial charge in [0.25, 0.3) is 0 Å². The topological polar surface area (TPSA) is 45.1 Å². The lowest BCUT2D eigenvalue weighted by Gasteiger charge is -2.18. The van der Waals surface area contributed by atoms with E-state index in [0.717, 1.165) is 15.2 Å². The summed E-state index contributed by atoms with van der Waals surface area (Å²) < 4.78 is 1.04. The molecule has 1 unspecified atom stereocenters. The van der Waals surface area contributed by atoms with Gasteiger partial charge in [-0.05, 0) is 29.3 Å². The van der Waals surface area contributed by atoms with Gasteiger partial charge in [-0.15, -0.1) is 11.3 Å². The van der Waals surface area contributed by atoms with Crippen LogP contribution in [0.3, 0.4) is 0 Å². The zero-order valence-electron chi connectivity index (χ0n) is 8.33. The first-order valence-corrected chi connectivity index (χ1v) is 6.26. The number of hydrogen-bond acceptors (Lipinski definition) is 4. The Kier molecular flexibility index (Phi) is 5.01. The minimum atomic E-state index is 0.160. The Labute approximate surface area is 96.7 Å². The molecule has 0 radical (unpaired) electrons. The molecular weight excluding hydrogens is 264 g/mol. The fourth-order valence-corrected chi connectivity index (χ4v) is 2.45. The van der Waals surface area contributed by atoms with E-state index in [4.69, 9.17) is 5.11 Å². The molecule has 0 aliphatic rings. The van der Waals surface area contributed by atoms with E-state index in [2.05, 4.69) is 40.1 Å². The van der Waals surface area contributed by atoms with E-state index in [0.29, 0.717) is 0 Å². The van der Waals surface area contributed by atoms with Crippen LogP contribution in [0.4, 0.5) is 0 Å². The van der Waals surface area contributed by atoms with Gasteiger partial charge in [0, 0.05) is 6.04 Å². The van der Waals surface area contributed by atoms with Gasteiger partial charge in [0.05, 0.1) is 22.6 Å². The molecule has 0 aliphatic heterocycles. The average Bonchev–Trinajstić information content (AvgIpc) is 2.61. The second-order valence-electron chi connectivity index (χ2n) is 3.18. The number of thiazole rings is 1. The predicted molar refractivity (Wildman–Crippen MR) is 62.5 cm³/mol. The standard InChI is InChI=1S/C9H15BrN2OS/c1-3-7(5-13)12-6(2)9-11-4-8(10)14-9/h4,6-7,12-13H,3,5H2,1-2H3/t6?,7-/m1/s1. The monoisotopic (exact) mass is 278 g/mol. The number of aliphatic hydroxyl groups excluding tert-OH is 1. The van der Waals surface area contributed by atoms with Crippen molar-refractivity contribution in [3.05, 3.63) is 15.0 Å². The second-order valence-corrected chi connectivity index (χ2v) is 5.62. The van der Waals surface area contributed by atoms with Crippen LogP contribution in [0.15, 0.2) is 9.98 Å². The van der Waals surface area contributed by atoms with Gasteiger partial charge in [0.2, 0.25) is 0 Å². The average molecular weight is 279 g/mol. The van der Waals surface area contributed by atoms with Crippen LogP contribution in [0.5, 0.6) is 0 Å². The van der Waals surface area contributed by atoms with E-state index >= 15 is 0 Å². The predicted octanol–water partition coefficient (Wildman–Crippen LogP) is 2.33. The van der Waals surface area contributed by atoms with Gasteiger partial charge in [-0.2, -0.15) is 0 Å². The Morgan fingerprint density at radius 2 is 2.43 bits per heavy atom. The van der Waals surface area contributed by atoms with Crippen LogP contribution in [-0.4, -0.2) is 22.7 Å². The van der Waals surface area contributed by atoms with Crippen molar-refractivity contribution in [2.75, 3.05) is 6.61 Å². The molecule has 0 aliphatic carbocycles. The molecule has 1 heterocycles. The highest BCUT2D eigenvalue weighted by molar-refractivity contribution is 9.11. The third-order valence-corrected chi connectivity index (χ3v) is 3.72. The molecule has 80 valence electrons. The highest BCUT2D eigenvalue weighted by Gasteiger charge is 2.13. The summed E-state index contributed by atoms with van der Waals surface area (Å²) in [6, 6.07) is 0.357. The normalized spacial score (nSPS) is 15.4. The lowest BCUT2D eigenvalue weighted by atomic mass is 10.2. The molecule has 2 N–H and O–H groups in total. The van der Waals surface area contributed by atoms with Crippen molar-refractivity contribution in [3.8, 4) is 0 Å². The van der Waals surface area contributed by atoms with Crippen molar-refractivity contribution in [1.29, 1.82) is 0 Å². The fraction of sp³-hybridized carbons (Fsp3) is 0.667. The van der Waals surface area contributed by atoms with Crippen molar-refractivity contribution in [3.63, 3.8) is 0 Å². The lowest BCUT2D eigenvalue weighted by molar-refractivity contribution is 0.230. The van der Waals surface area contributed by atoms with Gasteiger partial charge >= 0.3 is 0 Å². The van der Waals surface area contributed by atoms with Crippen LogP contribution in [-0.2, 0) is 0 Å². The lowest BCUT2D eigenvalue weighted by Crippen LogP contribution is -2.33. The molecule has 0 aromatic carbocycles. The maximum Gasteiger partial charge on any atom is 0.110 e. The smallest absolute Gasteiger partial charge is 0.110 e. The molecule has 0 bridgehead atoms.